The summed E-state index contributed by atoms with van der Waals surface area (Å²) >= 11 is 0. The van der Waals surface area contributed by atoms with Crippen molar-refractivity contribution >= 4 is 17.0 Å². The Morgan fingerprint density at radius 2 is 2.24 bits per heavy atom. The van der Waals surface area contributed by atoms with Gasteiger partial charge >= 0.3 is 0 Å². The van der Waals surface area contributed by atoms with Crippen molar-refractivity contribution in [1.82, 2.24) is 9.97 Å². The van der Waals surface area contributed by atoms with Crippen molar-refractivity contribution in [2.24, 2.45) is 0 Å². The molecule has 0 aliphatic carbocycles. The highest BCUT2D eigenvalue weighted by Gasteiger charge is 2.23. The number of H-pyrrole nitrogens is 1. The Bertz CT molecular complexity index is 470. The van der Waals surface area contributed by atoms with Gasteiger partial charge < -0.3 is 9.88 Å². The minimum absolute atomic E-state index is 0.657. The molecule has 0 spiro atoms. The topological polar surface area (TPSA) is 31.9 Å². The summed E-state index contributed by atoms with van der Waals surface area (Å²) in [6.45, 7) is 3.41. The molecule has 90 valence electrons. The summed E-state index contributed by atoms with van der Waals surface area (Å²) in [6, 6.07) is 8.92. The number of hydrogen-bond acceptors (Lipinski definition) is 2. The number of nitrogens with one attached hydrogen (secondary N) is 1. The van der Waals surface area contributed by atoms with Crippen LogP contribution in [0.5, 0.6) is 0 Å². The maximum absolute atomic E-state index is 4.70. The molecule has 0 radical (unpaired) electrons. The lowest BCUT2D eigenvalue weighted by Crippen LogP contribution is -2.39. The van der Waals surface area contributed by atoms with Gasteiger partial charge in [-0.15, -0.1) is 0 Å². The second-order valence-electron chi connectivity index (χ2n) is 4.83. The SMILES string of the molecule is CCC1CCCCN1c1nc2ccccc2[nH]1. The summed E-state index contributed by atoms with van der Waals surface area (Å²) in [5.41, 5.74) is 2.21. The first kappa shape index (κ1) is 10.6. The number of para-hydroxylation sites is 2. The summed E-state index contributed by atoms with van der Waals surface area (Å²) < 4.78 is 0. The number of aromatic amines is 1. The maximum atomic E-state index is 4.70. The van der Waals surface area contributed by atoms with Gasteiger partial charge in [0, 0.05) is 12.6 Å². The molecule has 1 N–H and O–H groups in total. The van der Waals surface area contributed by atoms with Crippen LogP contribution in [0.25, 0.3) is 11.0 Å². The monoisotopic (exact) mass is 229 g/mol. The third-order valence-corrected chi connectivity index (χ3v) is 3.75. The molecule has 2 aromatic rings. The second kappa shape index (κ2) is 4.40. The van der Waals surface area contributed by atoms with Crippen LogP contribution in [0.2, 0.25) is 0 Å². The molecule has 3 nitrogen and oxygen atoms in total. The molecule has 1 fully saturated rings. The predicted octanol–water partition coefficient (Wildman–Crippen LogP) is 3.33. The number of imidazole rings is 1. The van der Waals surface area contributed by atoms with Gasteiger partial charge in [-0.25, -0.2) is 4.98 Å². The molecule has 1 aromatic carbocycles. The van der Waals surface area contributed by atoms with Gasteiger partial charge in [-0.2, -0.15) is 0 Å². The summed E-state index contributed by atoms with van der Waals surface area (Å²) in [5, 5.41) is 0. The smallest absolute Gasteiger partial charge is 0.204 e. The minimum Gasteiger partial charge on any atom is -0.339 e. The third kappa shape index (κ3) is 1.90. The fourth-order valence-electron chi connectivity index (χ4n) is 2.78. The quantitative estimate of drug-likeness (QED) is 0.856. The lowest BCUT2D eigenvalue weighted by atomic mass is 10.0. The molecule has 0 amide bonds. The zero-order chi connectivity index (χ0) is 11.7. The maximum Gasteiger partial charge on any atom is 0.204 e. The van der Waals surface area contributed by atoms with Gasteiger partial charge in [-0.1, -0.05) is 19.1 Å². The highest BCUT2D eigenvalue weighted by Crippen LogP contribution is 2.26. The molecule has 3 rings (SSSR count). The molecule has 0 saturated carbocycles. The average Bonchev–Trinajstić information content (AvgIpc) is 2.82. The average molecular weight is 229 g/mol. The van der Waals surface area contributed by atoms with Crippen LogP contribution in [0.1, 0.15) is 32.6 Å². The van der Waals surface area contributed by atoms with E-state index in [1.807, 2.05) is 6.07 Å². The lowest BCUT2D eigenvalue weighted by Gasteiger charge is -2.34. The van der Waals surface area contributed by atoms with E-state index in [4.69, 9.17) is 4.98 Å². The van der Waals surface area contributed by atoms with Crippen molar-refractivity contribution in [3.8, 4) is 0 Å². The molecular formula is C14H19N3. The van der Waals surface area contributed by atoms with E-state index in [0.29, 0.717) is 6.04 Å². The van der Waals surface area contributed by atoms with E-state index in [1.54, 1.807) is 0 Å². The second-order valence-corrected chi connectivity index (χ2v) is 4.83. The van der Waals surface area contributed by atoms with E-state index >= 15 is 0 Å². The molecule has 1 unspecified atom stereocenters. The molecule has 1 aliphatic rings. The summed E-state index contributed by atoms with van der Waals surface area (Å²) in [5.74, 6) is 1.05. The van der Waals surface area contributed by atoms with Crippen LogP contribution in [0.3, 0.4) is 0 Å². The minimum atomic E-state index is 0.657. The predicted molar refractivity (Wildman–Crippen MR) is 71.4 cm³/mol. The zero-order valence-electron chi connectivity index (χ0n) is 10.3. The Hall–Kier alpha value is -1.51. The Labute approximate surface area is 102 Å². The van der Waals surface area contributed by atoms with Gasteiger partial charge in [-0.05, 0) is 37.8 Å². The van der Waals surface area contributed by atoms with Crippen LogP contribution in [-0.4, -0.2) is 22.6 Å². The van der Waals surface area contributed by atoms with Crippen molar-refractivity contribution in [2.45, 2.75) is 38.6 Å². The molecule has 17 heavy (non-hydrogen) atoms. The number of benzene rings is 1. The fourth-order valence-corrected chi connectivity index (χ4v) is 2.78. The van der Waals surface area contributed by atoms with Gasteiger partial charge in [0.1, 0.15) is 0 Å². The number of nitrogens with zero attached hydrogens (tertiary/aromatic N) is 2. The number of hydrogen-bond donors (Lipinski definition) is 1. The molecule has 1 saturated heterocycles. The normalized spacial score (nSPS) is 21.0. The van der Waals surface area contributed by atoms with Crippen LogP contribution < -0.4 is 4.90 Å². The van der Waals surface area contributed by atoms with E-state index in [-0.39, 0.29) is 0 Å². The van der Waals surface area contributed by atoms with Crippen LogP contribution >= 0.6 is 0 Å². The van der Waals surface area contributed by atoms with Crippen molar-refractivity contribution < 1.29 is 0 Å². The Kier molecular flexibility index (Phi) is 2.75. The molecule has 1 atom stereocenters. The largest absolute Gasteiger partial charge is 0.339 e. The van der Waals surface area contributed by atoms with Gasteiger partial charge in [0.15, 0.2) is 0 Å². The molecular weight excluding hydrogens is 210 g/mol. The van der Waals surface area contributed by atoms with E-state index in [2.05, 4.69) is 35.0 Å². The standard InChI is InChI=1S/C14H19N3/c1-2-11-7-5-6-10-17(11)14-15-12-8-3-4-9-13(12)16-14/h3-4,8-9,11H,2,5-7,10H2,1H3,(H,15,16). The third-order valence-electron chi connectivity index (χ3n) is 3.75. The Morgan fingerprint density at radius 1 is 1.35 bits per heavy atom. The van der Waals surface area contributed by atoms with E-state index in [9.17, 15) is 0 Å². The number of piperidine rings is 1. The first-order chi connectivity index (χ1) is 8.38. The van der Waals surface area contributed by atoms with Gasteiger partial charge in [0.2, 0.25) is 5.95 Å². The molecule has 1 aliphatic heterocycles. The van der Waals surface area contributed by atoms with Crippen LogP contribution in [0.4, 0.5) is 5.95 Å². The zero-order valence-corrected chi connectivity index (χ0v) is 10.3. The molecule has 0 bridgehead atoms. The highest BCUT2D eigenvalue weighted by atomic mass is 15.3. The van der Waals surface area contributed by atoms with Crippen LogP contribution in [0.15, 0.2) is 24.3 Å². The number of fused-ring (bicyclic) bond motifs is 1. The molecule has 3 heteroatoms. The summed E-state index contributed by atoms with van der Waals surface area (Å²) in [6.07, 6.45) is 5.15. The highest BCUT2D eigenvalue weighted by molar-refractivity contribution is 5.77. The van der Waals surface area contributed by atoms with Gasteiger partial charge in [0.05, 0.1) is 11.0 Å². The van der Waals surface area contributed by atoms with Crippen LogP contribution in [-0.2, 0) is 0 Å². The van der Waals surface area contributed by atoms with Crippen molar-refractivity contribution in [3.63, 3.8) is 0 Å². The first-order valence-electron chi connectivity index (χ1n) is 6.60. The van der Waals surface area contributed by atoms with E-state index < -0.39 is 0 Å². The van der Waals surface area contributed by atoms with Crippen molar-refractivity contribution in [3.05, 3.63) is 24.3 Å². The van der Waals surface area contributed by atoms with Gasteiger partial charge in [-0.3, -0.25) is 0 Å². The Balaban J connectivity index is 1.96. The molecule has 1 aromatic heterocycles. The van der Waals surface area contributed by atoms with Crippen LogP contribution in [0, 0.1) is 0 Å². The van der Waals surface area contributed by atoms with Gasteiger partial charge in [0.25, 0.3) is 0 Å². The van der Waals surface area contributed by atoms with E-state index in [0.717, 1.165) is 23.5 Å². The fraction of sp³-hybridized carbons (Fsp3) is 0.500. The lowest BCUT2D eigenvalue weighted by molar-refractivity contribution is 0.444. The summed E-state index contributed by atoms with van der Waals surface area (Å²) in [4.78, 5) is 10.6. The van der Waals surface area contributed by atoms with Crippen molar-refractivity contribution in [1.29, 1.82) is 0 Å². The number of aromatic nitrogens is 2. The molecule has 2 heterocycles. The number of anilines is 1. The first-order valence-corrected chi connectivity index (χ1v) is 6.60. The Morgan fingerprint density at radius 3 is 3.06 bits per heavy atom. The van der Waals surface area contributed by atoms with Crippen molar-refractivity contribution in [2.75, 3.05) is 11.4 Å². The summed E-state index contributed by atoms with van der Waals surface area (Å²) in [7, 11) is 0. The number of rotatable bonds is 2. The van der Waals surface area contributed by atoms with E-state index in [1.165, 1.54) is 25.7 Å².